The number of methoxy groups -OCH3 is 2. The summed E-state index contributed by atoms with van der Waals surface area (Å²) in [4.78, 5) is 24.9. The molecule has 0 aliphatic carbocycles. The maximum atomic E-state index is 12.1. The highest BCUT2D eigenvalue weighted by molar-refractivity contribution is 5.85. The zero-order chi connectivity index (χ0) is 13.6. The number of amides is 1. The Balaban J connectivity index is 4.56. The van der Waals surface area contributed by atoms with Crippen LogP contribution >= 0.6 is 0 Å². The first-order valence-corrected chi connectivity index (χ1v) is 5.70. The number of esters is 1. The van der Waals surface area contributed by atoms with Crippen LogP contribution in [-0.4, -0.2) is 50.2 Å². The van der Waals surface area contributed by atoms with Crippen molar-refractivity contribution in [3.63, 3.8) is 0 Å². The molecule has 2 unspecified atom stereocenters. The number of ether oxygens (including phenoxy) is 2. The molecule has 0 aromatic carbocycles. The number of carbonyl (C=O) groups is 2. The summed E-state index contributed by atoms with van der Waals surface area (Å²) in [6.45, 7) is 5.68. The molecule has 0 heterocycles. The molecule has 0 N–H and O–H groups in total. The SMILES string of the molecule is CCC(C)(OC)C(=O)N(C)CC(C)C(=O)OC. The van der Waals surface area contributed by atoms with Gasteiger partial charge in [-0.25, -0.2) is 0 Å². The van der Waals surface area contributed by atoms with Gasteiger partial charge in [0.25, 0.3) is 5.91 Å². The second-order valence-corrected chi connectivity index (χ2v) is 4.40. The summed E-state index contributed by atoms with van der Waals surface area (Å²) in [6, 6.07) is 0. The Morgan fingerprint density at radius 2 is 1.88 bits per heavy atom. The van der Waals surface area contributed by atoms with Gasteiger partial charge in [-0.05, 0) is 13.3 Å². The van der Waals surface area contributed by atoms with Gasteiger partial charge >= 0.3 is 5.97 Å². The lowest BCUT2D eigenvalue weighted by Crippen LogP contribution is -2.48. The number of likely N-dealkylation sites (N-methyl/N-ethyl adjacent to an activating group) is 1. The fraction of sp³-hybridized carbons (Fsp3) is 0.833. The Kier molecular flexibility index (Phi) is 6.16. The van der Waals surface area contributed by atoms with E-state index in [9.17, 15) is 9.59 Å². The largest absolute Gasteiger partial charge is 0.469 e. The summed E-state index contributed by atoms with van der Waals surface area (Å²) in [5, 5.41) is 0. The second-order valence-electron chi connectivity index (χ2n) is 4.40. The Bertz CT molecular complexity index is 274. The third kappa shape index (κ3) is 4.00. The molecule has 0 radical (unpaired) electrons. The molecule has 0 fully saturated rings. The summed E-state index contributed by atoms with van der Waals surface area (Å²) in [7, 11) is 4.51. The minimum atomic E-state index is -0.829. The molecule has 0 bridgehead atoms. The highest BCUT2D eigenvalue weighted by atomic mass is 16.5. The van der Waals surface area contributed by atoms with Gasteiger partial charge in [-0.15, -0.1) is 0 Å². The quantitative estimate of drug-likeness (QED) is 0.657. The van der Waals surface area contributed by atoms with Crippen LogP contribution in [0.3, 0.4) is 0 Å². The molecule has 1 amide bonds. The van der Waals surface area contributed by atoms with Gasteiger partial charge in [0.1, 0.15) is 5.60 Å². The summed E-state index contributed by atoms with van der Waals surface area (Å²) in [6.07, 6.45) is 0.583. The van der Waals surface area contributed by atoms with Crippen molar-refractivity contribution >= 4 is 11.9 Å². The van der Waals surface area contributed by atoms with Crippen molar-refractivity contribution in [1.29, 1.82) is 0 Å². The molecule has 2 atom stereocenters. The standard InChI is InChI=1S/C12H23NO4/c1-7-12(3,17-6)11(15)13(4)8-9(2)10(14)16-5/h9H,7-8H2,1-6H3. The van der Waals surface area contributed by atoms with Crippen LogP contribution in [0.15, 0.2) is 0 Å². The van der Waals surface area contributed by atoms with Crippen LogP contribution in [0.1, 0.15) is 27.2 Å². The van der Waals surface area contributed by atoms with E-state index in [4.69, 9.17) is 4.74 Å². The number of carbonyl (C=O) groups excluding carboxylic acids is 2. The lowest BCUT2D eigenvalue weighted by molar-refractivity contribution is -0.154. The van der Waals surface area contributed by atoms with Crippen molar-refractivity contribution in [3.05, 3.63) is 0 Å². The fourth-order valence-electron chi connectivity index (χ4n) is 1.56. The Labute approximate surface area is 103 Å². The van der Waals surface area contributed by atoms with E-state index in [2.05, 4.69) is 4.74 Å². The molecule has 0 aromatic rings. The fourth-order valence-corrected chi connectivity index (χ4v) is 1.56. The second kappa shape index (κ2) is 6.59. The molecule has 17 heavy (non-hydrogen) atoms. The Hall–Kier alpha value is -1.10. The number of hydrogen-bond donors (Lipinski definition) is 0. The third-order valence-corrected chi connectivity index (χ3v) is 3.08. The maximum absolute atomic E-state index is 12.1. The molecule has 0 aromatic heterocycles. The molecule has 100 valence electrons. The van der Waals surface area contributed by atoms with Crippen LogP contribution in [0, 0.1) is 5.92 Å². The molecular weight excluding hydrogens is 222 g/mol. The van der Waals surface area contributed by atoms with E-state index in [1.807, 2.05) is 6.92 Å². The van der Waals surface area contributed by atoms with Gasteiger partial charge in [0.15, 0.2) is 0 Å². The average molecular weight is 245 g/mol. The lowest BCUT2D eigenvalue weighted by Gasteiger charge is -2.31. The molecule has 0 aliphatic heterocycles. The predicted octanol–water partition coefficient (Wildman–Crippen LogP) is 1.07. The van der Waals surface area contributed by atoms with Crippen molar-refractivity contribution in [2.75, 3.05) is 27.8 Å². The average Bonchev–Trinajstić information content (AvgIpc) is 2.35. The highest BCUT2D eigenvalue weighted by Crippen LogP contribution is 2.17. The monoisotopic (exact) mass is 245 g/mol. The van der Waals surface area contributed by atoms with Gasteiger partial charge in [-0.1, -0.05) is 13.8 Å². The number of rotatable bonds is 6. The van der Waals surface area contributed by atoms with Crippen LogP contribution in [0.4, 0.5) is 0 Å². The minimum absolute atomic E-state index is 0.127. The number of hydrogen-bond acceptors (Lipinski definition) is 4. The minimum Gasteiger partial charge on any atom is -0.469 e. The van der Waals surface area contributed by atoms with E-state index in [0.29, 0.717) is 13.0 Å². The molecule has 5 nitrogen and oxygen atoms in total. The zero-order valence-corrected chi connectivity index (χ0v) is 11.6. The topological polar surface area (TPSA) is 55.8 Å². The van der Waals surface area contributed by atoms with Gasteiger partial charge in [0.05, 0.1) is 13.0 Å². The third-order valence-electron chi connectivity index (χ3n) is 3.08. The number of nitrogens with zero attached hydrogens (tertiary/aromatic N) is 1. The van der Waals surface area contributed by atoms with Gasteiger partial charge in [0, 0.05) is 20.7 Å². The molecule has 5 heteroatoms. The van der Waals surface area contributed by atoms with Gasteiger partial charge in [-0.2, -0.15) is 0 Å². The van der Waals surface area contributed by atoms with Crippen molar-refractivity contribution < 1.29 is 19.1 Å². The van der Waals surface area contributed by atoms with Crippen LogP contribution in [0.5, 0.6) is 0 Å². The summed E-state index contributed by atoms with van der Waals surface area (Å²) in [5.74, 6) is -0.787. The van der Waals surface area contributed by atoms with Crippen molar-refractivity contribution in [2.45, 2.75) is 32.8 Å². The first-order chi connectivity index (χ1) is 7.82. The van der Waals surface area contributed by atoms with Crippen LogP contribution in [-0.2, 0) is 19.1 Å². The van der Waals surface area contributed by atoms with Crippen molar-refractivity contribution in [1.82, 2.24) is 4.90 Å². The molecule has 0 saturated heterocycles. The molecule has 0 saturated carbocycles. The highest BCUT2D eigenvalue weighted by Gasteiger charge is 2.34. The first-order valence-electron chi connectivity index (χ1n) is 5.70. The van der Waals surface area contributed by atoms with E-state index >= 15 is 0 Å². The first kappa shape index (κ1) is 15.9. The van der Waals surface area contributed by atoms with E-state index in [1.165, 1.54) is 19.1 Å². The van der Waals surface area contributed by atoms with Crippen LogP contribution in [0.2, 0.25) is 0 Å². The zero-order valence-electron chi connectivity index (χ0n) is 11.6. The van der Waals surface area contributed by atoms with Gasteiger partial charge in [-0.3, -0.25) is 9.59 Å². The van der Waals surface area contributed by atoms with Crippen LogP contribution in [0.25, 0.3) is 0 Å². The molecular formula is C12H23NO4. The van der Waals surface area contributed by atoms with E-state index in [-0.39, 0.29) is 17.8 Å². The van der Waals surface area contributed by atoms with Crippen LogP contribution < -0.4 is 0 Å². The normalized spacial score (nSPS) is 15.9. The van der Waals surface area contributed by atoms with Crippen molar-refractivity contribution in [2.24, 2.45) is 5.92 Å². The Morgan fingerprint density at radius 3 is 2.24 bits per heavy atom. The predicted molar refractivity (Wildman–Crippen MR) is 64.5 cm³/mol. The van der Waals surface area contributed by atoms with Crippen molar-refractivity contribution in [3.8, 4) is 0 Å². The van der Waals surface area contributed by atoms with E-state index < -0.39 is 5.60 Å². The molecule has 0 spiro atoms. The maximum Gasteiger partial charge on any atom is 0.310 e. The lowest BCUT2D eigenvalue weighted by atomic mass is 10.0. The van der Waals surface area contributed by atoms with Gasteiger partial charge < -0.3 is 14.4 Å². The Morgan fingerprint density at radius 1 is 1.35 bits per heavy atom. The van der Waals surface area contributed by atoms with Gasteiger partial charge in [0.2, 0.25) is 0 Å². The smallest absolute Gasteiger partial charge is 0.310 e. The summed E-state index contributed by atoms with van der Waals surface area (Å²) < 4.78 is 9.85. The van der Waals surface area contributed by atoms with E-state index in [1.54, 1.807) is 20.9 Å². The summed E-state index contributed by atoms with van der Waals surface area (Å²) >= 11 is 0. The summed E-state index contributed by atoms with van der Waals surface area (Å²) in [5.41, 5.74) is -0.829. The molecule has 0 rings (SSSR count). The van der Waals surface area contributed by atoms with E-state index in [0.717, 1.165) is 0 Å². The molecule has 0 aliphatic rings.